The quantitative estimate of drug-likeness (QED) is 0.0594. The molecule has 3 aliphatic carbocycles. The van der Waals surface area contributed by atoms with Gasteiger partial charge in [-0.25, -0.2) is 19.3 Å². The Balaban J connectivity index is 0.000000140. The molecule has 84 heavy (non-hydrogen) atoms. The molecule has 3 aliphatic heterocycles. The van der Waals surface area contributed by atoms with Crippen molar-refractivity contribution in [2.75, 3.05) is 114 Å². The molecule has 0 radical (unpaired) electrons. The van der Waals surface area contributed by atoms with Gasteiger partial charge >= 0.3 is 0 Å². The summed E-state index contributed by atoms with van der Waals surface area (Å²) >= 11 is 0. The van der Waals surface area contributed by atoms with Crippen LogP contribution in [0, 0.1) is 19.7 Å². The lowest BCUT2D eigenvalue weighted by atomic mass is 10.0. The van der Waals surface area contributed by atoms with Gasteiger partial charge in [0.15, 0.2) is 23.1 Å². The SMILES string of the molecule is CCN(CC)CCCOc1cc2nc(NC(C)C)c3c(c2cc1OC)CCC3.Cc1cc2c3c(c(N4CCCC4)nc2cc1OCCCN1CCCC1)CCC3.Cc1cc2c3c(c(NC(C)C)nc2c(F)c1OCCCN1CCCC1)CCC3. The highest BCUT2D eigenvalue weighted by Gasteiger charge is 2.28. The molecule has 0 unspecified atom stereocenters. The first-order valence-electron chi connectivity index (χ1n) is 32.9. The molecular formula is C70H100FN9O4. The van der Waals surface area contributed by atoms with Gasteiger partial charge in [0, 0.05) is 73.1 Å². The Labute approximate surface area is 502 Å². The monoisotopic (exact) mass is 1150 g/mol. The fourth-order valence-electron chi connectivity index (χ4n) is 14.0. The summed E-state index contributed by atoms with van der Waals surface area (Å²) in [6.07, 6.45) is 21.1. The van der Waals surface area contributed by atoms with Crippen LogP contribution in [0.3, 0.4) is 0 Å². The first-order valence-corrected chi connectivity index (χ1v) is 32.9. The van der Waals surface area contributed by atoms with E-state index in [9.17, 15) is 0 Å². The molecule has 0 bridgehead atoms. The van der Waals surface area contributed by atoms with Crippen molar-refractivity contribution in [2.24, 2.45) is 0 Å². The van der Waals surface area contributed by atoms with Crippen LogP contribution in [0.5, 0.6) is 23.0 Å². The van der Waals surface area contributed by atoms with E-state index in [1.807, 2.05) is 6.92 Å². The maximum Gasteiger partial charge on any atom is 0.191 e. The van der Waals surface area contributed by atoms with Gasteiger partial charge < -0.3 is 49.2 Å². The average Bonchev–Trinajstić information content (AvgIpc) is 4.34. The highest BCUT2D eigenvalue weighted by molar-refractivity contribution is 5.91. The third-order valence-corrected chi connectivity index (χ3v) is 18.3. The van der Waals surface area contributed by atoms with Crippen molar-refractivity contribution in [1.82, 2.24) is 29.7 Å². The molecule has 6 aromatic rings. The van der Waals surface area contributed by atoms with E-state index in [0.29, 0.717) is 30.5 Å². The third-order valence-electron chi connectivity index (χ3n) is 18.3. The van der Waals surface area contributed by atoms with Gasteiger partial charge in [0.25, 0.3) is 0 Å². The van der Waals surface area contributed by atoms with E-state index >= 15 is 4.39 Å². The van der Waals surface area contributed by atoms with Crippen LogP contribution >= 0.6 is 0 Å². The maximum atomic E-state index is 15.4. The Morgan fingerprint density at radius 3 is 1.62 bits per heavy atom. The zero-order valence-corrected chi connectivity index (χ0v) is 52.8. The number of hydrogen-bond acceptors (Lipinski definition) is 13. The molecule has 3 fully saturated rings. The highest BCUT2D eigenvalue weighted by Crippen LogP contribution is 2.42. The Kier molecular flexibility index (Phi) is 21.3. The molecule has 3 aromatic carbocycles. The number of rotatable bonds is 23. The van der Waals surface area contributed by atoms with Gasteiger partial charge in [0.05, 0.1) is 38.0 Å². The van der Waals surface area contributed by atoms with Gasteiger partial charge in [-0.3, -0.25) is 0 Å². The topological polar surface area (TPSA) is 113 Å². The zero-order chi connectivity index (χ0) is 58.7. The van der Waals surface area contributed by atoms with Gasteiger partial charge in [-0.05, 0) is 259 Å². The van der Waals surface area contributed by atoms with Crippen molar-refractivity contribution in [2.45, 2.75) is 183 Å². The number of fused-ring (bicyclic) bond motifs is 9. The van der Waals surface area contributed by atoms with Crippen LogP contribution in [0.4, 0.5) is 21.8 Å². The first-order chi connectivity index (χ1) is 40.9. The number of pyridine rings is 3. The maximum absolute atomic E-state index is 15.4. The average molecular weight is 1150 g/mol. The molecule has 0 saturated carbocycles. The van der Waals surface area contributed by atoms with Crippen molar-refractivity contribution in [3.05, 3.63) is 80.7 Å². The van der Waals surface area contributed by atoms with E-state index < -0.39 is 0 Å². The number of benzene rings is 3. The highest BCUT2D eigenvalue weighted by atomic mass is 19.1. The van der Waals surface area contributed by atoms with E-state index in [-0.39, 0.29) is 11.9 Å². The van der Waals surface area contributed by atoms with Crippen LogP contribution in [0.25, 0.3) is 32.7 Å². The third kappa shape index (κ3) is 14.6. The number of hydrogen-bond donors (Lipinski definition) is 2. The van der Waals surface area contributed by atoms with E-state index in [2.05, 4.69) is 109 Å². The number of nitrogens with one attached hydrogen (secondary N) is 2. The number of methoxy groups -OCH3 is 1. The van der Waals surface area contributed by atoms with Crippen LogP contribution in [0.1, 0.15) is 163 Å². The molecule has 12 rings (SSSR count). The second-order valence-electron chi connectivity index (χ2n) is 25.2. The lowest BCUT2D eigenvalue weighted by Gasteiger charge is -2.22. The second kappa shape index (κ2) is 29.1. The molecule has 3 aromatic heterocycles. The first kappa shape index (κ1) is 61.4. The fourth-order valence-corrected chi connectivity index (χ4v) is 14.0. The van der Waals surface area contributed by atoms with Gasteiger partial charge in [0.1, 0.15) is 28.7 Å². The summed E-state index contributed by atoms with van der Waals surface area (Å²) in [5.74, 6) is 5.82. The molecular weight excluding hydrogens is 1050 g/mol. The molecule has 0 amide bonds. The molecule has 6 aliphatic rings. The predicted molar refractivity (Wildman–Crippen MR) is 346 cm³/mol. The fraction of sp³-hybridized carbons (Fsp3) is 0.614. The van der Waals surface area contributed by atoms with Crippen LogP contribution in [0.15, 0.2) is 30.3 Å². The van der Waals surface area contributed by atoms with E-state index in [1.165, 1.54) is 140 Å². The van der Waals surface area contributed by atoms with Crippen molar-refractivity contribution in [3.8, 4) is 23.0 Å². The minimum Gasteiger partial charge on any atom is -0.493 e. The molecule has 13 nitrogen and oxygen atoms in total. The van der Waals surface area contributed by atoms with Crippen molar-refractivity contribution >= 4 is 50.2 Å². The van der Waals surface area contributed by atoms with Crippen LogP contribution < -0.4 is 34.5 Å². The Hall–Kier alpha value is -5.70. The number of aryl methyl sites for hydroxylation is 5. The summed E-state index contributed by atoms with van der Waals surface area (Å²) in [6, 6.07) is 11.4. The summed E-state index contributed by atoms with van der Waals surface area (Å²) in [5, 5.41) is 10.5. The lowest BCUT2D eigenvalue weighted by molar-refractivity contribution is 0.243. The second-order valence-corrected chi connectivity index (χ2v) is 25.2. The van der Waals surface area contributed by atoms with Crippen LogP contribution in [0.2, 0.25) is 0 Å². The summed E-state index contributed by atoms with van der Waals surface area (Å²) in [5.41, 5.74) is 13.1. The Morgan fingerprint density at radius 2 is 1.01 bits per heavy atom. The molecule has 6 heterocycles. The smallest absolute Gasteiger partial charge is 0.191 e. The minimum atomic E-state index is -0.308. The van der Waals surface area contributed by atoms with Gasteiger partial charge in [-0.2, -0.15) is 0 Å². The van der Waals surface area contributed by atoms with Gasteiger partial charge in [-0.15, -0.1) is 0 Å². The van der Waals surface area contributed by atoms with Crippen molar-refractivity contribution in [3.63, 3.8) is 0 Å². The van der Waals surface area contributed by atoms with Crippen LogP contribution in [-0.2, 0) is 38.5 Å². The number of halogens is 1. The lowest BCUT2D eigenvalue weighted by Crippen LogP contribution is -2.25. The normalized spacial score (nSPS) is 16.7. The number of likely N-dealkylation sites (tertiary alicyclic amines) is 2. The van der Waals surface area contributed by atoms with Gasteiger partial charge in [0.2, 0.25) is 0 Å². The summed E-state index contributed by atoms with van der Waals surface area (Å²) in [6.45, 7) is 31.7. The largest absolute Gasteiger partial charge is 0.493 e. The Bertz CT molecular complexity index is 3180. The number of ether oxygens (including phenoxy) is 4. The standard InChI is InChI=1S/C24H33N3O.C23H32FN3O.C23H35N3O2/c1-18-16-21-19-8-6-9-20(19)24(27-13-4-5-14-27)25-22(21)17-23(18)28-15-7-12-26-10-2-3-11-26;1-15(2)25-23-18-9-6-8-17(18)19-14-16(3)22(20(24)21(19)26-23)28-13-7-12-27-10-4-5-11-27;1-6-26(7-2)12-9-13-28-22-15-20-19(14-21(22)27-5)17-10-8-11-18(17)23(25-20)24-16(3)4/h16-17H,2-15H2,1H3;14-15H,4-13H2,1-3H3,(H,25,26);14-16H,6-13H2,1-5H3,(H,24,25). The number of nitrogens with zero attached hydrogens (tertiary/aromatic N) is 7. The van der Waals surface area contributed by atoms with Crippen LogP contribution in [-0.4, -0.2) is 141 Å². The Morgan fingerprint density at radius 1 is 0.524 bits per heavy atom. The summed E-state index contributed by atoms with van der Waals surface area (Å²) < 4.78 is 39.3. The molecule has 14 heteroatoms. The number of aromatic nitrogens is 3. The molecule has 0 atom stereocenters. The van der Waals surface area contributed by atoms with E-state index in [1.54, 1.807) is 12.7 Å². The predicted octanol–water partition coefficient (Wildman–Crippen LogP) is 14.0. The molecule has 456 valence electrons. The van der Waals surface area contributed by atoms with E-state index in [0.717, 1.165) is 155 Å². The van der Waals surface area contributed by atoms with Gasteiger partial charge in [-0.1, -0.05) is 13.8 Å². The molecule has 2 N–H and O–H groups in total. The molecule has 0 spiro atoms. The van der Waals surface area contributed by atoms with E-state index in [4.69, 9.17) is 33.9 Å². The minimum absolute atomic E-state index is 0.268. The van der Waals surface area contributed by atoms with Crippen molar-refractivity contribution < 1.29 is 23.3 Å². The molecule has 3 saturated heterocycles. The zero-order valence-electron chi connectivity index (χ0n) is 52.8. The number of anilines is 3. The summed E-state index contributed by atoms with van der Waals surface area (Å²) in [7, 11) is 1.71. The summed E-state index contributed by atoms with van der Waals surface area (Å²) in [4.78, 5) is 24.8. The van der Waals surface area contributed by atoms with Crippen molar-refractivity contribution in [1.29, 1.82) is 0 Å².